The Balaban J connectivity index is 2.21. The Labute approximate surface area is 134 Å². The van der Waals surface area contributed by atoms with Crippen molar-refractivity contribution < 1.29 is 18.0 Å². The number of alkyl halides is 4. The lowest BCUT2D eigenvalue weighted by molar-refractivity contribution is -0.137. The second kappa shape index (κ2) is 6.58. The molecule has 1 N–H and O–H groups in total. The van der Waals surface area contributed by atoms with Crippen LogP contribution in [0, 0.1) is 0 Å². The van der Waals surface area contributed by atoms with Crippen LogP contribution in [0.2, 0.25) is 5.02 Å². The van der Waals surface area contributed by atoms with Gasteiger partial charge in [-0.3, -0.25) is 4.79 Å². The summed E-state index contributed by atoms with van der Waals surface area (Å²) in [5.74, 6) is -0.658. The Morgan fingerprint density at radius 1 is 1.09 bits per heavy atom. The molecule has 1 unspecified atom stereocenters. The van der Waals surface area contributed by atoms with Crippen molar-refractivity contribution in [3.8, 4) is 0 Å². The van der Waals surface area contributed by atoms with Gasteiger partial charge in [0.2, 0.25) is 5.91 Å². The quantitative estimate of drug-likeness (QED) is 0.752. The number of hydrogen-bond donors (Lipinski definition) is 1. The highest BCUT2D eigenvalue weighted by Gasteiger charge is 2.31. The van der Waals surface area contributed by atoms with Gasteiger partial charge < -0.3 is 5.32 Å². The molecule has 2 rings (SSSR count). The van der Waals surface area contributed by atoms with Gasteiger partial charge in [0.05, 0.1) is 16.3 Å². The van der Waals surface area contributed by atoms with E-state index < -0.39 is 23.0 Å². The Hall–Kier alpha value is -1.72. The lowest BCUT2D eigenvalue weighted by atomic mass is 10.1. The van der Waals surface area contributed by atoms with Gasteiger partial charge in [0.15, 0.2) is 0 Å². The third-order valence-electron chi connectivity index (χ3n) is 2.87. The van der Waals surface area contributed by atoms with Crippen molar-refractivity contribution in [3.05, 3.63) is 64.7 Å². The molecule has 0 aliphatic heterocycles. The molecule has 1 amide bonds. The monoisotopic (exact) mass is 347 g/mol. The highest BCUT2D eigenvalue weighted by Crippen LogP contribution is 2.34. The van der Waals surface area contributed by atoms with Crippen LogP contribution in [0.4, 0.5) is 18.9 Å². The molecule has 0 saturated carbocycles. The maximum Gasteiger partial charge on any atom is 0.416 e. The molecule has 0 radical (unpaired) electrons. The molecule has 0 bridgehead atoms. The summed E-state index contributed by atoms with van der Waals surface area (Å²) in [5.41, 5.74) is -0.508. The van der Waals surface area contributed by atoms with Crippen molar-refractivity contribution >= 4 is 34.8 Å². The summed E-state index contributed by atoms with van der Waals surface area (Å²) in [6.07, 6.45) is -4.52. The van der Waals surface area contributed by atoms with Crippen LogP contribution in [-0.2, 0) is 11.0 Å². The predicted molar refractivity (Wildman–Crippen MR) is 80.1 cm³/mol. The SMILES string of the molecule is O=C(Nc1cc(C(F)(F)F)ccc1Cl)C(Cl)c1ccccc1. The molecular weight excluding hydrogens is 338 g/mol. The number of nitrogens with one attached hydrogen (secondary N) is 1. The minimum absolute atomic E-state index is 0.00159. The van der Waals surface area contributed by atoms with Gasteiger partial charge in [-0.1, -0.05) is 41.9 Å². The number of carbonyl (C=O) groups excluding carboxylic acids is 1. The first kappa shape index (κ1) is 16.6. The van der Waals surface area contributed by atoms with Gasteiger partial charge >= 0.3 is 6.18 Å². The second-order valence-electron chi connectivity index (χ2n) is 4.45. The first-order valence-electron chi connectivity index (χ1n) is 6.15. The van der Waals surface area contributed by atoms with Crippen LogP contribution < -0.4 is 5.32 Å². The van der Waals surface area contributed by atoms with Crippen LogP contribution in [-0.4, -0.2) is 5.91 Å². The topological polar surface area (TPSA) is 29.1 Å². The van der Waals surface area contributed by atoms with Gasteiger partial charge in [-0.05, 0) is 23.8 Å². The first-order valence-corrected chi connectivity index (χ1v) is 6.97. The predicted octanol–water partition coefficient (Wildman–Crippen LogP) is 5.28. The molecule has 0 heterocycles. The molecule has 0 spiro atoms. The van der Waals surface area contributed by atoms with E-state index in [1.807, 2.05) is 0 Å². The van der Waals surface area contributed by atoms with E-state index in [0.717, 1.165) is 18.2 Å². The van der Waals surface area contributed by atoms with Crippen molar-refractivity contribution in [2.75, 3.05) is 5.32 Å². The van der Waals surface area contributed by atoms with E-state index in [-0.39, 0.29) is 10.7 Å². The van der Waals surface area contributed by atoms with E-state index in [9.17, 15) is 18.0 Å². The number of anilines is 1. The zero-order chi connectivity index (χ0) is 16.3. The number of carbonyl (C=O) groups is 1. The molecule has 2 nitrogen and oxygen atoms in total. The average molecular weight is 348 g/mol. The van der Waals surface area contributed by atoms with Gasteiger partial charge in [0, 0.05) is 0 Å². The zero-order valence-corrected chi connectivity index (χ0v) is 12.5. The Morgan fingerprint density at radius 2 is 1.73 bits per heavy atom. The minimum Gasteiger partial charge on any atom is -0.323 e. The van der Waals surface area contributed by atoms with Crippen LogP contribution in [0.25, 0.3) is 0 Å². The highest BCUT2D eigenvalue weighted by atomic mass is 35.5. The summed E-state index contributed by atoms with van der Waals surface area (Å²) in [6, 6.07) is 11.1. The summed E-state index contributed by atoms with van der Waals surface area (Å²) in [7, 11) is 0. The highest BCUT2D eigenvalue weighted by molar-refractivity contribution is 6.35. The van der Waals surface area contributed by atoms with Crippen molar-refractivity contribution in [3.63, 3.8) is 0 Å². The van der Waals surface area contributed by atoms with E-state index in [1.54, 1.807) is 30.3 Å². The summed E-state index contributed by atoms with van der Waals surface area (Å²) >= 11 is 11.8. The molecule has 116 valence electrons. The summed E-state index contributed by atoms with van der Waals surface area (Å²) in [6.45, 7) is 0. The lowest BCUT2D eigenvalue weighted by Gasteiger charge is -2.14. The number of benzene rings is 2. The summed E-state index contributed by atoms with van der Waals surface area (Å²) < 4.78 is 38.0. The number of rotatable bonds is 3. The van der Waals surface area contributed by atoms with E-state index in [0.29, 0.717) is 5.56 Å². The molecule has 22 heavy (non-hydrogen) atoms. The minimum atomic E-state index is -4.52. The molecule has 0 aromatic heterocycles. The molecule has 0 aliphatic carbocycles. The van der Waals surface area contributed by atoms with E-state index in [1.165, 1.54) is 0 Å². The molecule has 0 fully saturated rings. The molecule has 0 aliphatic rings. The number of hydrogen-bond acceptors (Lipinski definition) is 1. The Morgan fingerprint density at radius 3 is 2.32 bits per heavy atom. The maximum atomic E-state index is 12.7. The van der Waals surface area contributed by atoms with Crippen LogP contribution >= 0.6 is 23.2 Å². The fourth-order valence-electron chi connectivity index (χ4n) is 1.77. The lowest BCUT2D eigenvalue weighted by Crippen LogP contribution is -2.18. The van der Waals surface area contributed by atoms with Gasteiger partial charge in [0.1, 0.15) is 5.38 Å². The molecule has 1 atom stereocenters. The van der Waals surface area contributed by atoms with Crippen molar-refractivity contribution in [2.45, 2.75) is 11.6 Å². The Bertz CT molecular complexity index is 674. The second-order valence-corrected chi connectivity index (χ2v) is 5.30. The average Bonchev–Trinajstić information content (AvgIpc) is 2.48. The largest absolute Gasteiger partial charge is 0.416 e. The fraction of sp³-hybridized carbons (Fsp3) is 0.133. The molecular formula is C15H10Cl2F3NO. The number of halogens is 5. The van der Waals surface area contributed by atoms with E-state index >= 15 is 0 Å². The van der Waals surface area contributed by atoms with Gasteiger partial charge in [-0.25, -0.2) is 0 Å². The van der Waals surface area contributed by atoms with Gasteiger partial charge in [-0.2, -0.15) is 13.2 Å². The number of amides is 1. The zero-order valence-electron chi connectivity index (χ0n) is 11.0. The third kappa shape index (κ3) is 3.93. The van der Waals surface area contributed by atoms with Crippen molar-refractivity contribution in [2.24, 2.45) is 0 Å². The standard InChI is InChI=1S/C15H10Cl2F3NO/c16-11-7-6-10(15(18,19)20)8-12(11)21-14(22)13(17)9-4-2-1-3-5-9/h1-8,13H,(H,21,22). The van der Waals surface area contributed by atoms with E-state index in [2.05, 4.69) is 5.32 Å². The summed E-state index contributed by atoms with van der Waals surface area (Å²) in [4.78, 5) is 12.0. The third-order valence-corrected chi connectivity index (χ3v) is 3.65. The molecule has 2 aromatic rings. The fourth-order valence-corrected chi connectivity index (χ4v) is 2.13. The Kier molecular flexibility index (Phi) is 4.98. The van der Waals surface area contributed by atoms with Gasteiger partial charge in [0.25, 0.3) is 0 Å². The maximum absolute atomic E-state index is 12.7. The van der Waals surface area contributed by atoms with E-state index in [4.69, 9.17) is 23.2 Å². The molecule has 2 aromatic carbocycles. The summed E-state index contributed by atoms with van der Waals surface area (Å²) in [5, 5.41) is 1.28. The smallest absolute Gasteiger partial charge is 0.323 e. The molecule has 0 saturated heterocycles. The first-order chi connectivity index (χ1) is 10.3. The normalized spacial score (nSPS) is 12.8. The van der Waals surface area contributed by atoms with Crippen LogP contribution in [0.5, 0.6) is 0 Å². The van der Waals surface area contributed by atoms with Crippen molar-refractivity contribution in [1.82, 2.24) is 0 Å². The van der Waals surface area contributed by atoms with Crippen LogP contribution in [0.3, 0.4) is 0 Å². The van der Waals surface area contributed by atoms with Crippen molar-refractivity contribution in [1.29, 1.82) is 0 Å². The van der Waals surface area contributed by atoms with Gasteiger partial charge in [-0.15, -0.1) is 11.6 Å². The molecule has 7 heteroatoms. The van der Waals surface area contributed by atoms with Crippen LogP contribution in [0.1, 0.15) is 16.5 Å². The van der Waals surface area contributed by atoms with Crippen LogP contribution in [0.15, 0.2) is 48.5 Å².